The van der Waals surface area contributed by atoms with E-state index in [0.717, 1.165) is 0 Å². The number of carbonyl (C=O) groups is 3. The predicted octanol–water partition coefficient (Wildman–Crippen LogP) is -1.93. The molecule has 0 spiro atoms. The normalized spacial score (nSPS) is 20.4. The molecule has 14 heavy (non-hydrogen) atoms. The highest BCUT2D eigenvalue weighted by Gasteiger charge is 2.30. The average molecular weight is 199 g/mol. The molecule has 0 aliphatic carbocycles. The van der Waals surface area contributed by atoms with Crippen LogP contribution in [0.2, 0.25) is 0 Å². The first-order valence-corrected chi connectivity index (χ1v) is 4.30. The standard InChI is InChI=1S/C8H13N3O3/c1-11(4-6(9)12)8(14)5-2-7(13)10-3-5/h5H,2-4H2,1H3,(H2,9,12)(H,10,13). The Morgan fingerprint density at radius 3 is 2.71 bits per heavy atom. The van der Waals surface area contributed by atoms with Crippen LogP contribution in [0, 0.1) is 5.92 Å². The van der Waals surface area contributed by atoms with Crippen molar-refractivity contribution in [1.82, 2.24) is 10.2 Å². The van der Waals surface area contributed by atoms with Gasteiger partial charge < -0.3 is 16.0 Å². The van der Waals surface area contributed by atoms with E-state index < -0.39 is 5.91 Å². The molecule has 1 unspecified atom stereocenters. The molecule has 3 amide bonds. The lowest BCUT2D eigenvalue weighted by Crippen LogP contribution is -2.39. The smallest absolute Gasteiger partial charge is 0.237 e. The summed E-state index contributed by atoms with van der Waals surface area (Å²) in [5.74, 6) is -1.26. The zero-order chi connectivity index (χ0) is 10.7. The Balaban J connectivity index is 2.48. The molecule has 0 bridgehead atoms. The van der Waals surface area contributed by atoms with E-state index >= 15 is 0 Å². The Labute approximate surface area is 81.4 Å². The molecule has 1 heterocycles. The molecule has 1 aliphatic rings. The van der Waals surface area contributed by atoms with Crippen molar-refractivity contribution in [3.8, 4) is 0 Å². The fourth-order valence-corrected chi connectivity index (χ4v) is 1.40. The summed E-state index contributed by atoms with van der Waals surface area (Å²) >= 11 is 0. The molecule has 78 valence electrons. The minimum Gasteiger partial charge on any atom is -0.368 e. The third-order valence-electron chi connectivity index (χ3n) is 2.10. The van der Waals surface area contributed by atoms with Crippen molar-refractivity contribution in [1.29, 1.82) is 0 Å². The fourth-order valence-electron chi connectivity index (χ4n) is 1.40. The van der Waals surface area contributed by atoms with Crippen LogP contribution in [0.1, 0.15) is 6.42 Å². The summed E-state index contributed by atoms with van der Waals surface area (Å²) in [4.78, 5) is 34.2. The van der Waals surface area contributed by atoms with Gasteiger partial charge in [-0.2, -0.15) is 0 Å². The van der Waals surface area contributed by atoms with Crippen LogP contribution in [0.5, 0.6) is 0 Å². The molecule has 0 aromatic carbocycles. The second-order valence-electron chi connectivity index (χ2n) is 3.37. The molecule has 1 rings (SSSR count). The summed E-state index contributed by atoms with van der Waals surface area (Å²) in [5.41, 5.74) is 4.94. The monoisotopic (exact) mass is 199 g/mol. The highest BCUT2D eigenvalue weighted by molar-refractivity contribution is 5.90. The number of amides is 3. The number of likely N-dealkylation sites (N-methyl/N-ethyl adjacent to an activating group) is 1. The number of primary amides is 1. The Morgan fingerprint density at radius 1 is 1.64 bits per heavy atom. The van der Waals surface area contributed by atoms with E-state index in [-0.39, 0.29) is 30.7 Å². The second kappa shape index (κ2) is 4.08. The fraction of sp³-hybridized carbons (Fsp3) is 0.625. The van der Waals surface area contributed by atoms with Crippen LogP contribution in [-0.2, 0) is 14.4 Å². The highest BCUT2D eigenvalue weighted by Crippen LogP contribution is 2.11. The minimum absolute atomic E-state index is 0.108. The van der Waals surface area contributed by atoms with Crippen molar-refractivity contribution in [2.75, 3.05) is 20.1 Å². The van der Waals surface area contributed by atoms with E-state index in [2.05, 4.69) is 5.32 Å². The maximum absolute atomic E-state index is 11.6. The Morgan fingerprint density at radius 2 is 2.29 bits per heavy atom. The SMILES string of the molecule is CN(CC(N)=O)C(=O)C1CNC(=O)C1. The second-order valence-corrected chi connectivity index (χ2v) is 3.37. The van der Waals surface area contributed by atoms with Crippen LogP contribution >= 0.6 is 0 Å². The molecule has 0 radical (unpaired) electrons. The number of nitrogens with one attached hydrogen (secondary N) is 1. The topological polar surface area (TPSA) is 92.5 Å². The first-order valence-electron chi connectivity index (χ1n) is 4.30. The minimum atomic E-state index is -0.557. The van der Waals surface area contributed by atoms with Crippen LogP contribution < -0.4 is 11.1 Å². The van der Waals surface area contributed by atoms with Crippen molar-refractivity contribution < 1.29 is 14.4 Å². The highest BCUT2D eigenvalue weighted by atomic mass is 16.2. The van der Waals surface area contributed by atoms with E-state index in [9.17, 15) is 14.4 Å². The van der Waals surface area contributed by atoms with Crippen molar-refractivity contribution in [2.45, 2.75) is 6.42 Å². The molecule has 1 atom stereocenters. The van der Waals surface area contributed by atoms with Gasteiger partial charge in [-0.25, -0.2) is 0 Å². The molecule has 3 N–H and O–H groups in total. The van der Waals surface area contributed by atoms with Gasteiger partial charge in [0.15, 0.2) is 0 Å². The van der Waals surface area contributed by atoms with Crippen LogP contribution in [0.3, 0.4) is 0 Å². The Bertz CT molecular complexity index is 277. The number of hydrogen-bond donors (Lipinski definition) is 2. The summed E-state index contributed by atoms with van der Waals surface area (Å²) in [5, 5.41) is 2.56. The lowest BCUT2D eigenvalue weighted by atomic mass is 10.1. The summed E-state index contributed by atoms with van der Waals surface area (Å²) in [7, 11) is 1.50. The largest absolute Gasteiger partial charge is 0.368 e. The molecular weight excluding hydrogens is 186 g/mol. The van der Waals surface area contributed by atoms with Crippen molar-refractivity contribution in [3.63, 3.8) is 0 Å². The van der Waals surface area contributed by atoms with E-state index in [1.807, 2.05) is 0 Å². The molecule has 0 aromatic heterocycles. The van der Waals surface area contributed by atoms with Gasteiger partial charge in [-0.1, -0.05) is 0 Å². The summed E-state index contributed by atoms with van der Waals surface area (Å²) in [6.07, 6.45) is 0.196. The summed E-state index contributed by atoms with van der Waals surface area (Å²) in [6.45, 7) is 0.240. The van der Waals surface area contributed by atoms with E-state index in [4.69, 9.17) is 5.73 Å². The van der Waals surface area contributed by atoms with Crippen molar-refractivity contribution in [3.05, 3.63) is 0 Å². The van der Waals surface area contributed by atoms with Crippen LogP contribution in [-0.4, -0.2) is 42.8 Å². The zero-order valence-electron chi connectivity index (χ0n) is 7.95. The van der Waals surface area contributed by atoms with E-state index in [1.165, 1.54) is 11.9 Å². The van der Waals surface area contributed by atoms with Gasteiger partial charge >= 0.3 is 0 Å². The van der Waals surface area contributed by atoms with Gasteiger partial charge in [0.2, 0.25) is 17.7 Å². The Kier molecular flexibility index (Phi) is 3.06. The van der Waals surface area contributed by atoms with Crippen LogP contribution in [0.4, 0.5) is 0 Å². The first-order chi connectivity index (χ1) is 6.50. The third kappa shape index (κ3) is 2.45. The molecule has 1 aliphatic heterocycles. The maximum atomic E-state index is 11.6. The van der Waals surface area contributed by atoms with Crippen LogP contribution in [0.15, 0.2) is 0 Å². The lowest BCUT2D eigenvalue weighted by Gasteiger charge is -2.18. The molecule has 1 saturated heterocycles. The molecular formula is C8H13N3O3. The molecule has 6 nitrogen and oxygen atoms in total. The van der Waals surface area contributed by atoms with E-state index in [1.54, 1.807) is 0 Å². The number of carbonyl (C=O) groups excluding carboxylic acids is 3. The predicted molar refractivity (Wildman–Crippen MR) is 47.9 cm³/mol. The van der Waals surface area contributed by atoms with Crippen LogP contribution in [0.25, 0.3) is 0 Å². The zero-order valence-corrected chi connectivity index (χ0v) is 7.95. The van der Waals surface area contributed by atoms with Gasteiger partial charge in [0, 0.05) is 20.0 Å². The van der Waals surface area contributed by atoms with Gasteiger partial charge in [-0.3, -0.25) is 14.4 Å². The molecule has 1 fully saturated rings. The van der Waals surface area contributed by atoms with Gasteiger partial charge in [0.1, 0.15) is 0 Å². The Hall–Kier alpha value is -1.59. The number of hydrogen-bond acceptors (Lipinski definition) is 3. The van der Waals surface area contributed by atoms with Gasteiger partial charge in [0.05, 0.1) is 12.5 Å². The van der Waals surface area contributed by atoms with Gasteiger partial charge in [0.25, 0.3) is 0 Å². The molecule has 0 aromatic rings. The van der Waals surface area contributed by atoms with Crippen molar-refractivity contribution in [2.24, 2.45) is 11.7 Å². The average Bonchev–Trinajstić information content (AvgIpc) is 2.49. The number of rotatable bonds is 3. The van der Waals surface area contributed by atoms with Gasteiger partial charge in [-0.15, -0.1) is 0 Å². The molecule has 0 saturated carbocycles. The summed E-state index contributed by atoms with van der Waals surface area (Å²) < 4.78 is 0. The quantitative estimate of drug-likeness (QED) is 0.554. The van der Waals surface area contributed by atoms with Gasteiger partial charge in [-0.05, 0) is 0 Å². The first kappa shape index (κ1) is 10.5. The lowest BCUT2D eigenvalue weighted by molar-refractivity contribution is -0.137. The number of nitrogens with zero attached hydrogens (tertiary/aromatic N) is 1. The molecule has 6 heteroatoms. The van der Waals surface area contributed by atoms with Crippen molar-refractivity contribution >= 4 is 17.7 Å². The maximum Gasteiger partial charge on any atom is 0.237 e. The summed E-state index contributed by atoms with van der Waals surface area (Å²) in [6, 6.07) is 0. The van der Waals surface area contributed by atoms with E-state index in [0.29, 0.717) is 6.54 Å². The third-order valence-corrected chi connectivity index (χ3v) is 2.10. The number of nitrogens with two attached hydrogens (primary N) is 1.